The summed E-state index contributed by atoms with van der Waals surface area (Å²) >= 11 is 0. The molecule has 3 fully saturated rings. The van der Waals surface area contributed by atoms with E-state index in [-0.39, 0.29) is 0 Å². The Labute approximate surface area is 127 Å². The van der Waals surface area contributed by atoms with E-state index < -0.39 is 0 Å². The average Bonchev–Trinajstić information content (AvgIpc) is 3.24. The van der Waals surface area contributed by atoms with E-state index in [2.05, 4.69) is 35.2 Å². The number of carbonyl (C=O) groups excluding carboxylic acids is 1. The summed E-state index contributed by atoms with van der Waals surface area (Å²) in [6.45, 7) is 0.990. The van der Waals surface area contributed by atoms with E-state index in [9.17, 15) is 4.79 Å². The molecular formula is C19H25NO. The minimum Gasteiger partial charge on any atom is -0.339 e. The molecule has 1 aromatic rings. The molecular weight excluding hydrogens is 258 g/mol. The van der Waals surface area contributed by atoms with Gasteiger partial charge in [0.15, 0.2) is 0 Å². The van der Waals surface area contributed by atoms with Crippen LogP contribution < -0.4 is 0 Å². The molecule has 2 bridgehead atoms. The summed E-state index contributed by atoms with van der Waals surface area (Å²) in [5, 5.41) is 0. The third kappa shape index (κ3) is 2.49. The van der Waals surface area contributed by atoms with Crippen LogP contribution in [0.3, 0.4) is 0 Å². The molecule has 1 amide bonds. The molecule has 2 nitrogen and oxygen atoms in total. The van der Waals surface area contributed by atoms with Crippen LogP contribution in [0.25, 0.3) is 0 Å². The monoisotopic (exact) mass is 283 g/mol. The van der Waals surface area contributed by atoms with E-state index >= 15 is 0 Å². The number of carbonyl (C=O) groups is 1. The summed E-state index contributed by atoms with van der Waals surface area (Å²) in [6.07, 6.45) is 8.59. The molecule has 0 spiro atoms. The predicted octanol–water partition coefficient (Wildman–Crippen LogP) is 3.66. The number of rotatable bonds is 3. The summed E-state index contributed by atoms with van der Waals surface area (Å²) in [5.41, 5.74) is 1.37. The Morgan fingerprint density at radius 3 is 2.67 bits per heavy atom. The molecule has 4 rings (SSSR count). The smallest absolute Gasteiger partial charge is 0.226 e. The van der Waals surface area contributed by atoms with E-state index in [1.807, 2.05) is 0 Å². The third-order valence-corrected chi connectivity index (χ3v) is 6.03. The van der Waals surface area contributed by atoms with Crippen molar-refractivity contribution in [3.05, 3.63) is 35.9 Å². The van der Waals surface area contributed by atoms with E-state index in [1.54, 1.807) is 0 Å². The van der Waals surface area contributed by atoms with Crippen LogP contribution in [0.4, 0.5) is 0 Å². The van der Waals surface area contributed by atoms with Crippen molar-refractivity contribution >= 4 is 5.91 Å². The first-order chi connectivity index (χ1) is 10.3. The van der Waals surface area contributed by atoms with Crippen molar-refractivity contribution in [1.29, 1.82) is 0 Å². The molecule has 0 unspecified atom stereocenters. The fourth-order valence-corrected chi connectivity index (χ4v) is 4.98. The molecule has 112 valence electrons. The van der Waals surface area contributed by atoms with Crippen LogP contribution in [0.1, 0.15) is 44.1 Å². The van der Waals surface area contributed by atoms with Gasteiger partial charge in [0.2, 0.25) is 5.91 Å². The number of hydrogen-bond acceptors (Lipinski definition) is 1. The van der Waals surface area contributed by atoms with Gasteiger partial charge in [0.1, 0.15) is 0 Å². The summed E-state index contributed by atoms with van der Waals surface area (Å²) in [7, 11) is 0. The highest BCUT2D eigenvalue weighted by molar-refractivity contribution is 5.80. The van der Waals surface area contributed by atoms with Crippen molar-refractivity contribution in [2.45, 2.75) is 51.0 Å². The fraction of sp³-hybridized carbons (Fsp3) is 0.632. The molecule has 1 aliphatic heterocycles. The van der Waals surface area contributed by atoms with Crippen LogP contribution in [-0.2, 0) is 11.2 Å². The van der Waals surface area contributed by atoms with Gasteiger partial charge in [0, 0.05) is 18.5 Å². The first-order valence-electron chi connectivity index (χ1n) is 8.65. The summed E-state index contributed by atoms with van der Waals surface area (Å²) < 4.78 is 0. The molecule has 1 saturated heterocycles. The Kier molecular flexibility index (Phi) is 3.48. The van der Waals surface area contributed by atoms with Gasteiger partial charge in [-0.15, -0.1) is 0 Å². The molecule has 1 heterocycles. The maximum Gasteiger partial charge on any atom is 0.226 e. The van der Waals surface area contributed by atoms with Crippen molar-refractivity contribution in [2.75, 3.05) is 6.54 Å². The fourth-order valence-electron chi connectivity index (χ4n) is 4.98. The van der Waals surface area contributed by atoms with Gasteiger partial charge < -0.3 is 4.90 Å². The zero-order valence-electron chi connectivity index (χ0n) is 12.7. The SMILES string of the molecule is O=C([C@@H]1C[C@H]2CC[C@H]1C2)N1CCC[C@@H]1Cc1ccccc1. The van der Waals surface area contributed by atoms with Crippen LogP contribution in [0.2, 0.25) is 0 Å². The molecule has 1 aromatic carbocycles. The highest BCUT2D eigenvalue weighted by atomic mass is 16.2. The summed E-state index contributed by atoms with van der Waals surface area (Å²) in [5.74, 6) is 2.42. The lowest BCUT2D eigenvalue weighted by atomic mass is 9.87. The lowest BCUT2D eigenvalue weighted by Crippen LogP contribution is -2.42. The van der Waals surface area contributed by atoms with E-state index in [0.29, 0.717) is 23.8 Å². The Morgan fingerprint density at radius 2 is 1.95 bits per heavy atom. The van der Waals surface area contributed by atoms with E-state index in [4.69, 9.17) is 0 Å². The van der Waals surface area contributed by atoms with Crippen LogP contribution in [0, 0.1) is 17.8 Å². The van der Waals surface area contributed by atoms with Crippen molar-refractivity contribution in [1.82, 2.24) is 4.90 Å². The highest BCUT2D eigenvalue weighted by Crippen LogP contribution is 2.49. The normalized spacial score (nSPS) is 34.6. The van der Waals surface area contributed by atoms with Crippen LogP contribution in [0.5, 0.6) is 0 Å². The molecule has 0 aromatic heterocycles. The molecule has 0 radical (unpaired) electrons. The Bertz CT molecular complexity index is 512. The van der Waals surface area contributed by atoms with Crippen molar-refractivity contribution in [3.63, 3.8) is 0 Å². The number of likely N-dealkylation sites (tertiary alicyclic amines) is 1. The van der Waals surface area contributed by atoms with Crippen molar-refractivity contribution < 1.29 is 4.79 Å². The van der Waals surface area contributed by atoms with Crippen LogP contribution in [0.15, 0.2) is 30.3 Å². The van der Waals surface area contributed by atoms with Gasteiger partial charge in [0.05, 0.1) is 0 Å². The number of amides is 1. The molecule has 4 atom stereocenters. The molecule has 21 heavy (non-hydrogen) atoms. The van der Waals surface area contributed by atoms with Crippen LogP contribution in [-0.4, -0.2) is 23.4 Å². The number of benzene rings is 1. The van der Waals surface area contributed by atoms with Crippen LogP contribution >= 0.6 is 0 Å². The van der Waals surface area contributed by atoms with Gasteiger partial charge in [-0.1, -0.05) is 36.8 Å². The standard InChI is InChI=1S/C19H25NO/c21-19(18-13-15-8-9-16(18)11-15)20-10-4-7-17(20)12-14-5-2-1-3-6-14/h1-3,5-6,15-18H,4,7-13H2/t15-,16-,17+,18+/m0/s1. The zero-order valence-corrected chi connectivity index (χ0v) is 12.7. The van der Waals surface area contributed by atoms with Gasteiger partial charge in [0.25, 0.3) is 0 Å². The van der Waals surface area contributed by atoms with Gasteiger partial charge in [-0.25, -0.2) is 0 Å². The minimum atomic E-state index is 0.361. The summed E-state index contributed by atoms with van der Waals surface area (Å²) in [4.78, 5) is 15.2. The van der Waals surface area contributed by atoms with E-state index in [0.717, 1.165) is 18.9 Å². The maximum atomic E-state index is 13.0. The Morgan fingerprint density at radius 1 is 1.10 bits per heavy atom. The van der Waals surface area contributed by atoms with Gasteiger partial charge in [-0.3, -0.25) is 4.79 Å². The van der Waals surface area contributed by atoms with Gasteiger partial charge in [-0.2, -0.15) is 0 Å². The lowest BCUT2D eigenvalue weighted by Gasteiger charge is -2.31. The number of fused-ring (bicyclic) bond motifs is 2. The second kappa shape index (κ2) is 5.47. The number of nitrogens with zero attached hydrogens (tertiary/aromatic N) is 1. The lowest BCUT2D eigenvalue weighted by molar-refractivity contribution is -0.138. The minimum absolute atomic E-state index is 0.361. The summed E-state index contributed by atoms with van der Waals surface area (Å²) in [6, 6.07) is 11.1. The molecule has 2 saturated carbocycles. The van der Waals surface area contributed by atoms with Crippen molar-refractivity contribution in [3.8, 4) is 0 Å². The van der Waals surface area contributed by atoms with Gasteiger partial charge >= 0.3 is 0 Å². The first-order valence-corrected chi connectivity index (χ1v) is 8.65. The molecule has 3 aliphatic rings. The molecule has 2 heteroatoms. The topological polar surface area (TPSA) is 20.3 Å². The maximum absolute atomic E-state index is 13.0. The largest absolute Gasteiger partial charge is 0.339 e. The second-order valence-corrected chi connectivity index (χ2v) is 7.30. The average molecular weight is 283 g/mol. The predicted molar refractivity (Wildman–Crippen MR) is 83.8 cm³/mol. The molecule has 2 aliphatic carbocycles. The Hall–Kier alpha value is -1.31. The highest BCUT2D eigenvalue weighted by Gasteiger charge is 2.45. The van der Waals surface area contributed by atoms with Crippen molar-refractivity contribution in [2.24, 2.45) is 17.8 Å². The first kappa shape index (κ1) is 13.4. The molecule has 0 N–H and O–H groups in total. The Balaban J connectivity index is 1.45. The third-order valence-electron chi connectivity index (χ3n) is 6.03. The second-order valence-electron chi connectivity index (χ2n) is 7.30. The van der Waals surface area contributed by atoms with Gasteiger partial charge in [-0.05, 0) is 55.9 Å². The zero-order chi connectivity index (χ0) is 14.2. The quantitative estimate of drug-likeness (QED) is 0.829. The van der Waals surface area contributed by atoms with E-state index in [1.165, 1.54) is 44.1 Å². The number of hydrogen-bond donors (Lipinski definition) is 0.